The van der Waals surface area contributed by atoms with Gasteiger partial charge in [0.15, 0.2) is 0 Å². The quantitative estimate of drug-likeness (QED) is 0.248. The maximum Gasteiger partial charge on any atom is 0.325 e. The van der Waals surface area contributed by atoms with Crippen LogP contribution in [-0.4, -0.2) is 79.2 Å². The molecule has 3 aromatic rings. The number of carbonyl (C=O) groups is 3. The molecule has 0 radical (unpaired) electrons. The molecule has 0 bridgehead atoms. The molecule has 0 aliphatic carbocycles. The number of amides is 3. The van der Waals surface area contributed by atoms with Crippen molar-refractivity contribution in [3.05, 3.63) is 71.4 Å². The number of aryl methyl sites for hydroxylation is 1. The fraction of sp³-hybridized carbons (Fsp3) is 0.414. The van der Waals surface area contributed by atoms with Crippen LogP contribution in [0.25, 0.3) is 10.9 Å². The minimum absolute atomic E-state index is 0.113. The van der Waals surface area contributed by atoms with Crippen LogP contribution in [0.15, 0.2) is 54.7 Å². The van der Waals surface area contributed by atoms with Crippen molar-refractivity contribution in [3.8, 4) is 0 Å². The first-order chi connectivity index (χ1) is 18.4. The highest BCUT2D eigenvalue weighted by atomic mass is 16.5. The number of fused-ring (bicyclic) bond motifs is 1. The molecule has 38 heavy (non-hydrogen) atoms. The van der Waals surface area contributed by atoms with E-state index < -0.39 is 12.0 Å². The lowest BCUT2D eigenvalue weighted by atomic mass is 10.1. The predicted octanol–water partition coefficient (Wildman–Crippen LogP) is 3.66. The summed E-state index contributed by atoms with van der Waals surface area (Å²) in [7, 11) is 1.59. The van der Waals surface area contributed by atoms with E-state index in [0.29, 0.717) is 39.1 Å². The van der Waals surface area contributed by atoms with Crippen molar-refractivity contribution in [1.29, 1.82) is 0 Å². The Bertz CT molecular complexity index is 1190. The number of carbonyl (C=O) groups excluding carboxylic acids is 3. The van der Waals surface area contributed by atoms with Crippen molar-refractivity contribution in [1.82, 2.24) is 20.1 Å². The van der Waals surface area contributed by atoms with Crippen LogP contribution < -0.4 is 5.32 Å². The average molecular weight is 523 g/mol. The van der Waals surface area contributed by atoms with Gasteiger partial charge in [0.25, 0.3) is 0 Å². The topological polar surface area (TPSA) is 104 Å². The number of nitrogens with one attached hydrogen (secondary N) is 2. The van der Waals surface area contributed by atoms with Gasteiger partial charge in [-0.2, -0.15) is 0 Å². The van der Waals surface area contributed by atoms with Gasteiger partial charge in [-0.25, -0.2) is 4.79 Å². The summed E-state index contributed by atoms with van der Waals surface area (Å²) in [6.07, 6.45) is 3.21. The van der Waals surface area contributed by atoms with Crippen LogP contribution in [0.3, 0.4) is 0 Å². The minimum Gasteiger partial charge on any atom is -0.465 e. The summed E-state index contributed by atoms with van der Waals surface area (Å²) < 4.78 is 10.0. The van der Waals surface area contributed by atoms with Gasteiger partial charge in [-0.05, 0) is 43.9 Å². The van der Waals surface area contributed by atoms with Gasteiger partial charge >= 0.3 is 12.0 Å². The number of methoxy groups -OCH3 is 1. The van der Waals surface area contributed by atoms with Gasteiger partial charge in [-0.15, -0.1) is 0 Å². The molecule has 2 aromatic carbocycles. The van der Waals surface area contributed by atoms with E-state index in [-0.39, 0.29) is 25.6 Å². The second-order valence-electron chi connectivity index (χ2n) is 9.14. The van der Waals surface area contributed by atoms with Crippen molar-refractivity contribution in [3.63, 3.8) is 0 Å². The summed E-state index contributed by atoms with van der Waals surface area (Å²) in [6, 6.07) is 15.7. The van der Waals surface area contributed by atoms with Gasteiger partial charge in [0.1, 0.15) is 13.1 Å². The first-order valence-electron chi connectivity index (χ1n) is 13.0. The van der Waals surface area contributed by atoms with E-state index in [0.717, 1.165) is 27.6 Å². The third kappa shape index (κ3) is 8.62. The van der Waals surface area contributed by atoms with Crippen molar-refractivity contribution in [2.24, 2.45) is 0 Å². The van der Waals surface area contributed by atoms with E-state index in [9.17, 15) is 14.4 Å². The largest absolute Gasteiger partial charge is 0.465 e. The van der Waals surface area contributed by atoms with Crippen LogP contribution in [0.4, 0.5) is 4.79 Å². The van der Waals surface area contributed by atoms with Gasteiger partial charge in [0.2, 0.25) is 5.91 Å². The minimum atomic E-state index is -0.524. The average Bonchev–Trinajstić information content (AvgIpc) is 3.33. The zero-order chi connectivity index (χ0) is 27.3. The SMILES string of the molecule is CCOC(=O)CNC(=O)N(CCCOC)CC(=O)N(CCc1c[nH]c2ccccc12)Cc1ccc(C)cc1. The van der Waals surface area contributed by atoms with Crippen molar-refractivity contribution < 1.29 is 23.9 Å². The van der Waals surface area contributed by atoms with Crippen LogP contribution in [0.2, 0.25) is 0 Å². The zero-order valence-electron chi connectivity index (χ0n) is 22.5. The Morgan fingerprint density at radius 1 is 1.00 bits per heavy atom. The highest BCUT2D eigenvalue weighted by molar-refractivity contribution is 5.86. The highest BCUT2D eigenvalue weighted by Crippen LogP contribution is 2.19. The Labute approximate surface area is 224 Å². The molecule has 0 atom stereocenters. The third-order valence-corrected chi connectivity index (χ3v) is 6.25. The first kappa shape index (κ1) is 28.7. The number of esters is 1. The molecule has 0 saturated heterocycles. The number of nitrogens with zero attached hydrogens (tertiary/aromatic N) is 2. The second kappa shape index (κ2) is 14.8. The lowest BCUT2D eigenvalue weighted by Crippen LogP contribution is -2.48. The van der Waals surface area contributed by atoms with E-state index >= 15 is 0 Å². The molecule has 2 N–H and O–H groups in total. The number of hydrogen-bond donors (Lipinski definition) is 2. The normalized spacial score (nSPS) is 10.8. The van der Waals surface area contributed by atoms with E-state index in [2.05, 4.69) is 16.4 Å². The van der Waals surface area contributed by atoms with Gasteiger partial charge < -0.3 is 29.6 Å². The van der Waals surface area contributed by atoms with Gasteiger partial charge in [-0.1, -0.05) is 48.0 Å². The van der Waals surface area contributed by atoms with Crippen molar-refractivity contribution in [2.75, 3.05) is 46.5 Å². The molecular weight excluding hydrogens is 484 g/mol. The number of benzene rings is 2. The smallest absolute Gasteiger partial charge is 0.325 e. The zero-order valence-corrected chi connectivity index (χ0v) is 22.5. The number of aromatic amines is 1. The summed E-state index contributed by atoms with van der Waals surface area (Å²) in [4.78, 5) is 44.7. The Hall–Kier alpha value is -3.85. The van der Waals surface area contributed by atoms with Crippen LogP contribution >= 0.6 is 0 Å². The van der Waals surface area contributed by atoms with E-state index in [4.69, 9.17) is 9.47 Å². The van der Waals surface area contributed by atoms with E-state index in [1.807, 2.05) is 55.6 Å². The molecular formula is C29H38N4O5. The number of aromatic nitrogens is 1. The molecule has 9 nitrogen and oxygen atoms in total. The molecule has 9 heteroatoms. The fourth-order valence-corrected chi connectivity index (χ4v) is 4.19. The van der Waals surface area contributed by atoms with E-state index in [1.54, 1.807) is 18.9 Å². The Kier molecular flexibility index (Phi) is 11.2. The summed E-state index contributed by atoms with van der Waals surface area (Å²) in [6.45, 7) is 5.27. The molecule has 0 fully saturated rings. The molecule has 0 unspecified atom stereocenters. The number of rotatable bonds is 14. The van der Waals surface area contributed by atoms with Crippen LogP contribution in [-0.2, 0) is 32.0 Å². The molecule has 0 saturated carbocycles. The molecule has 3 rings (SSSR count). The van der Waals surface area contributed by atoms with Gasteiger partial charge in [0.05, 0.1) is 6.61 Å². The Morgan fingerprint density at radius 2 is 1.76 bits per heavy atom. The van der Waals surface area contributed by atoms with Gasteiger partial charge in [-0.3, -0.25) is 9.59 Å². The third-order valence-electron chi connectivity index (χ3n) is 6.25. The second-order valence-corrected chi connectivity index (χ2v) is 9.14. The summed E-state index contributed by atoms with van der Waals surface area (Å²) >= 11 is 0. The number of para-hydroxylation sites is 1. The molecule has 0 aliphatic rings. The van der Waals surface area contributed by atoms with E-state index in [1.165, 1.54) is 4.90 Å². The Balaban J connectivity index is 1.74. The lowest BCUT2D eigenvalue weighted by Gasteiger charge is -2.28. The number of H-pyrrole nitrogens is 1. The summed E-state index contributed by atoms with van der Waals surface area (Å²) in [5.74, 6) is -0.696. The molecule has 0 spiro atoms. The molecule has 0 aliphatic heterocycles. The molecule has 1 heterocycles. The fourth-order valence-electron chi connectivity index (χ4n) is 4.19. The van der Waals surface area contributed by atoms with Crippen LogP contribution in [0, 0.1) is 6.92 Å². The number of hydrogen-bond acceptors (Lipinski definition) is 5. The van der Waals surface area contributed by atoms with Crippen LogP contribution in [0.1, 0.15) is 30.0 Å². The number of urea groups is 1. The predicted molar refractivity (Wildman–Crippen MR) is 147 cm³/mol. The summed E-state index contributed by atoms with van der Waals surface area (Å²) in [5, 5.41) is 3.70. The molecule has 204 valence electrons. The summed E-state index contributed by atoms with van der Waals surface area (Å²) in [5.41, 5.74) is 4.35. The maximum absolute atomic E-state index is 13.6. The van der Waals surface area contributed by atoms with Crippen molar-refractivity contribution >= 4 is 28.8 Å². The maximum atomic E-state index is 13.6. The Morgan fingerprint density at radius 3 is 2.50 bits per heavy atom. The first-order valence-corrected chi connectivity index (χ1v) is 13.0. The van der Waals surface area contributed by atoms with Gasteiger partial charge in [0, 0.05) is 50.5 Å². The lowest BCUT2D eigenvalue weighted by molar-refractivity contribution is -0.141. The monoisotopic (exact) mass is 522 g/mol. The van der Waals surface area contributed by atoms with Crippen molar-refractivity contribution in [2.45, 2.75) is 33.2 Å². The standard InChI is InChI=1S/C29H38N4O5/c1-4-38-28(35)19-31-29(36)33(15-7-17-37-3)21-27(34)32(20-23-12-10-22(2)11-13-23)16-14-24-18-30-26-9-6-5-8-25(24)26/h5-6,8-13,18,30H,4,7,14-17,19-21H2,1-3H3,(H,31,36). The highest BCUT2D eigenvalue weighted by Gasteiger charge is 2.22. The molecule has 3 amide bonds. The molecule has 1 aromatic heterocycles. The number of ether oxygens (including phenoxy) is 2. The van der Waals surface area contributed by atoms with Crippen LogP contribution in [0.5, 0.6) is 0 Å².